The summed E-state index contributed by atoms with van der Waals surface area (Å²) in [6, 6.07) is 5.74. The highest BCUT2D eigenvalue weighted by Crippen LogP contribution is 2.25. The normalized spacial score (nSPS) is 12.3. The second-order valence-corrected chi connectivity index (χ2v) is 5.50. The first-order valence-electron chi connectivity index (χ1n) is 6.21. The van der Waals surface area contributed by atoms with Gasteiger partial charge in [-0.05, 0) is 58.7 Å². The molecule has 1 atom stereocenters. The Morgan fingerprint density at radius 3 is 2.57 bits per heavy atom. The molecule has 2 N–H and O–H groups in total. The third-order valence-electron chi connectivity index (χ3n) is 3.07. The van der Waals surface area contributed by atoms with Crippen molar-refractivity contribution in [3.63, 3.8) is 0 Å². The zero-order valence-corrected chi connectivity index (χ0v) is 12.7. The van der Waals surface area contributed by atoms with E-state index in [1.807, 2.05) is 0 Å². The molecule has 2 aromatic carbocycles. The third-order valence-corrected chi connectivity index (χ3v) is 3.68. The molecule has 0 spiro atoms. The van der Waals surface area contributed by atoms with Crippen LogP contribution in [0.15, 0.2) is 34.8 Å². The van der Waals surface area contributed by atoms with Gasteiger partial charge in [-0.2, -0.15) is 0 Å². The number of aliphatic hydroxyl groups is 1. The van der Waals surface area contributed by atoms with E-state index in [1.165, 1.54) is 6.07 Å². The summed E-state index contributed by atoms with van der Waals surface area (Å²) < 4.78 is 40.4. The zero-order chi connectivity index (χ0) is 15.6. The van der Waals surface area contributed by atoms with Gasteiger partial charge in [-0.25, -0.2) is 13.2 Å². The number of benzene rings is 2. The van der Waals surface area contributed by atoms with Crippen LogP contribution in [-0.2, 0) is 0 Å². The Bertz CT molecular complexity index is 664. The molecule has 0 amide bonds. The van der Waals surface area contributed by atoms with E-state index < -0.39 is 23.6 Å². The van der Waals surface area contributed by atoms with Crippen LogP contribution in [-0.4, -0.2) is 11.7 Å². The molecule has 0 fully saturated rings. The van der Waals surface area contributed by atoms with Crippen LogP contribution < -0.4 is 5.32 Å². The molecule has 0 bridgehead atoms. The van der Waals surface area contributed by atoms with Gasteiger partial charge in [0, 0.05) is 17.8 Å². The fourth-order valence-electron chi connectivity index (χ4n) is 1.92. The van der Waals surface area contributed by atoms with E-state index in [4.69, 9.17) is 0 Å². The van der Waals surface area contributed by atoms with E-state index in [0.717, 1.165) is 23.8 Å². The van der Waals surface area contributed by atoms with Crippen molar-refractivity contribution >= 4 is 21.6 Å². The van der Waals surface area contributed by atoms with Crippen LogP contribution >= 0.6 is 15.9 Å². The Labute approximate surface area is 128 Å². The van der Waals surface area contributed by atoms with Gasteiger partial charge in [0.2, 0.25) is 0 Å². The standard InChI is InChI=1S/C15H13BrF3NO/c1-8-4-11(16)13(19)6-14(8)20-7-15(21)10-5-9(17)2-3-12(10)18/h2-6,15,20-21H,7H2,1H3. The van der Waals surface area contributed by atoms with E-state index in [-0.39, 0.29) is 12.1 Å². The van der Waals surface area contributed by atoms with Crippen LogP contribution in [0.3, 0.4) is 0 Å². The number of rotatable bonds is 4. The van der Waals surface area contributed by atoms with Crippen LogP contribution in [0.1, 0.15) is 17.2 Å². The summed E-state index contributed by atoms with van der Waals surface area (Å²) in [5.74, 6) is -1.77. The quantitative estimate of drug-likeness (QED) is 0.851. The molecule has 0 aliphatic carbocycles. The predicted octanol–water partition coefficient (Wildman–Crippen LogP) is 4.32. The van der Waals surface area contributed by atoms with Crippen LogP contribution in [0.25, 0.3) is 0 Å². The maximum absolute atomic E-state index is 13.5. The SMILES string of the molecule is Cc1cc(Br)c(F)cc1NCC(O)c1cc(F)ccc1F. The number of aliphatic hydroxyl groups excluding tert-OH is 1. The lowest BCUT2D eigenvalue weighted by molar-refractivity contribution is 0.186. The molecule has 0 aliphatic rings. The van der Waals surface area contributed by atoms with E-state index >= 15 is 0 Å². The van der Waals surface area contributed by atoms with Gasteiger partial charge >= 0.3 is 0 Å². The maximum Gasteiger partial charge on any atom is 0.139 e. The summed E-state index contributed by atoms with van der Waals surface area (Å²) in [7, 11) is 0. The van der Waals surface area contributed by atoms with Crippen LogP contribution in [0, 0.1) is 24.4 Å². The topological polar surface area (TPSA) is 32.3 Å². The minimum Gasteiger partial charge on any atom is -0.386 e. The van der Waals surface area contributed by atoms with Crippen LogP contribution in [0.2, 0.25) is 0 Å². The third kappa shape index (κ3) is 3.77. The van der Waals surface area contributed by atoms with E-state index in [9.17, 15) is 18.3 Å². The monoisotopic (exact) mass is 359 g/mol. The second kappa shape index (κ2) is 6.49. The van der Waals surface area contributed by atoms with Gasteiger partial charge in [0.25, 0.3) is 0 Å². The molecule has 0 aromatic heterocycles. The van der Waals surface area contributed by atoms with Gasteiger partial charge in [0.15, 0.2) is 0 Å². The number of hydrogen-bond acceptors (Lipinski definition) is 2. The summed E-state index contributed by atoms with van der Waals surface area (Å²) in [5.41, 5.74) is 1.10. The second-order valence-electron chi connectivity index (χ2n) is 4.64. The smallest absolute Gasteiger partial charge is 0.139 e. The molecule has 6 heteroatoms. The number of aryl methyl sites for hydroxylation is 1. The summed E-state index contributed by atoms with van der Waals surface area (Å²) in [6.45, 7) is 1.70. The van der Waals surface area contributed by atoms with Crippen LogP contribution in [0.5, 0.6) is 0 Å². The average molecular weight is 360 g/mol. The number of nitrogens with one attached hydrogen (secondary N) is 1. The predicted molar refractivity (Wildman–Crippen MR) is 78.6 cm³/mol. The molecule has 2 rings (SSSR count). The van der Waals surface area contributed by atoms with Crippen molar-refractivity contribution < 1.29 is 18.3 Å². The maximum atomic E-state index is 13.5. The summed E-state index contributed by atoms with van der Waals surface area (Å²) in [4.78, 5) is 0. The number of halogens is 4. The van der Waals surface area contributed by atoms with Gasteiger partial charge in [0.05, 0.1) is 10.6 Å². The van der Waals surface area contributed by atoms with Crippen molar-refractivity contribution in [3.8, 4) is 0 Å². The van der Waals surface area contributed by atoms with Crippen molar-refractivity contribution in [2.24, 2.45) is 0 Å². The Kier molecular flexibility index (Phi) is 4.90. The molecule has 1 unspecified atom stereocenters. The molecule has 0 heterocycles. The Morgan fingerprint density at radius 1 is 1.14 bits per heavy atom. The molecule has 2 nitrogen and oxygen atoms in total. The lowest BCUT2D eigenvalue weighted by Gasteiger charge is -2.16. The molecular formula is C15H13BrF3NO. The minimum absolute atomic E-state index is 0.0672. The Hall–Kier alpha value is -1.53. The van der Waals surface area contributed by atoms with Crippen molar-refractivity contribution in [2.45, 2.75) is 13.0 Å². The molecule has 0 aliphatic heterocycles. The van der Waals surface area contributed by atoms with Crippen molar-refractivity contribution in [3.05, 3.63) is 63.4 Å². The van der Waals surface area contributed by atoms with Gasteiger partial charge in [-0.15, -0.1) is 0 Å². The lowest BCUT2D eigenvalue weighted by atomic mass is 10.1. The van der Waals surface area contributed by atoms with Gasteiger partial charge in [-0.1, -0.05) is 0 Å². The molecule has 112 valence electrons. The lowest BCUT2D eigenvalue weighted by Crippen LogP contribution is -2.14. The largest absolute Gasteiger partial charge is 0.386 e. The summed E-state index contributed by atoms with van der Waals surface area (Å²) in [5, 5.41) is 12.8. The van der Waals surface area contributed by atoms with E-state index in [2.05, 4.69) is 21.2 Å². The highest BCUT2D eigenvalue weighted by Gasteiger charge is 2.14. The molecule has 2 aromatic rings. The van der Waals surface area contributed by atoms with Crippen molar-refractivity contribution in [1.29, 1.82) is 0 Å². The fraction of sp³-hybridized carbons (Fsp3) is 0.200. The Balaban J connectivity index is 2.12. The van der Waals surface area contributed by atoms with Crippen molar-refractivity contribution in [2.75, 3.05) is 11.9 Å². The fourth-order valence-corrected chi connectivity index (χ4v) is 2.38. The molecule has 0 radical (unpaired) electrons. The molecule has 21 heavy (non-hydrogen) atoms. The molecule has 0 saturated carbocycles. The first-order valence-corrected chi connectivity index (χ1v) is 7.00. The first kappa shape index (κ1) is 15.9. The van der Waals surface area contributed by atoms with Gasteiger partial charge in [0.1, 0.15) is 17.5 Å². The Morgan fingerprint density at radius 2 is 1.86 bits per heavy atom. The van der Waals surface area contributed by atoms with Crippen LogP contribution in [0.4, 0.5) is 18.9 Å². The summed E-state index contributed by atoms with van der Waals surface area (Å²) >= 11 is 3.07. The average Bonchev–Trinajstić information content (AvgIpc) is 2.43. The summed E-state index contributed by atoms with van der Waals surface area (Å²) in [6.07, 6.45) is -1.24. The molecular weight excluding hydrogens is 347 g/mol. The minimum atomic E-state index is -1.24. The van der Waals surface area contributed by atoms with Gasteiger partial charge < -0.3 is 10.4 Å². The highest BCUT2D eigenvalue weighted by molar-refractivity contribution is 9.10. The number of anilines is 1. The van der Waals surface area contributed by atoms with E-state index in [1.54, 1.807) is 13.0 Å². The first-order chi connectivity index (χ1) is 9.88. The zero-order valence-electron chi connectivity index (χ0n) is 11.1. The van der Waals surface area contributed by atoms with Gasteiger partial charge in [-0.3, -0.25) is 0 Å². The van der Waals surface area contributed by atoms with Crippen molar-refractivity contribution in [1.82, 2.24) is 0 Å². The van der Waals surface area contributed by atoms with E-state index in [0.29, 0.717) is 10.2 Å². The number of hydrogen-bond donors (Lipinski definition) is 2. The highest BCUT2D eigenvalue weighted by atomic mass is 79.9. The molecule has 0 saturated heterocycles.